The Bertz CT molecular complexity index is 750. The average molecular weight is 291 g/mol. The van der Waals surface area contributed by atoms with Gasteiger partial charge in [-0.3, -0.25) is 14.9 Å². The van der Waals surface area contributed by atoms with E-state index in [2.05, 4.69) is 0 Å². The van der Waals surface area contributed by atoms with Crippen molar-refractivity contribution in [3.8, 4) is 5.75 Å². The van der Waals surface area contributed by atoms with Gasteiger partial charge in [-0.25, -0.2) is 4.79 Å². The lowest BCUT2D eigenvalue weighted by Gasteiger charge is -2.05. The van der Waals surface area contributed by atoms with Crippen molar-refractivity contribution in [3.63, 3.8) is 0 Å². The smallest absolute Gasteiger partial charge is 0.371 e. The van der Waals surface area contributed by atoms with Crippen molar-refractivity contribution in [2.24, 2.45) is 0 Å². The fraction of sp³-hybridized carbons (Fsp3) is 0.0769. The SMILES string of the molecule is O=C(O)c1cc(=O)c(OCc2cccc([N+](=O)[O-])c2)co1. The molecule has 0 aliphatic heterocycles. The predicted octanol–water partition coefficient (Wildman–Crippen LogP) is 1.83. The summed E-state index contributed by atoms with van der Waals surface area (Å²) in [6.45, 7) is -0.0845. The number of rotatable bonds is 5. The molecule has 0 amide bonds. The predicted molar refractivity (Wildman–Crippen MR) is 69.4 cm³/mol. The number of hydrogen-bond donors (Lipinski definition) is 1. The van der Waals surface area contributed by atoms with Crippen molar-refractivity contribution >= 4 is 11.7 Å². The Morgan fingerprint density at radius 2 is 2.14 bits per heavy atom. The first-order chi connectivity index (χ1) is 9.97. The van der Waals surface area contributed by atoms with Crippen LogP contribution in [0.2, 0.25) is 0 Å². The van der Waals surface area contributed by atoms with Gasteiger partial charge in [0, 0.05) is 18.2 Å². The molecule has 8 heteroatoms. The highest BCUT2D eigenvalue weighted by Crippen LogP contribution is 2.15. The number of carboxylic acids is 1. The monoisotopic (exact) mass is 291 g/mol. The van der Waals surface area contributed by atoms with Crippen molar-refractivity contribution < 1.29 is 24.0 Å². The van der Waals surface area contributed by atoms with Gasteiger partial charge in [-0.2, -0.15) is 0 Å². The van der Waals surface area contributed by atoms with Crippen LogP contribution < -0.4 is 10.2 Å². The van der Waals surface area contributed by atoms with Crippen molar-refractivity contribution in [3.05, 3.63) is 68.3 Å². The van der Waals surface area contributed by atoms with Crippen LogP contribution in [0.1, 0.15) is 16.1 Å². The van der Waals surface area contributed by atoms with Crippen molar-refractivity contribution in [1.29, 1.82) is 0 Å². The lowest BCUT2D eigenvalue weighted by Crippen LogP contribution is -2.10. The van der Waals surface area contributed by atoms with Crippen LogP contribution in [-0.2, 0) is 6.61 Å². The highest BCUT2D eigenvalue weighted by Gasteiger charge is 2.11. The van der Waals surface area contributed by atoms with E-state index in [4.69, 9.17) is 14.3 Å². The molecule has 0 atom stereocenters. The van der Waals surface area contributed by atoms with Gasteiger partial charge < -0.3 is 14.3 Å². The molecular formula is C13H9NO7. The Labute approximate surface area is 117 Å². The number of nitro benzene ring substituents is 1. The molecule has 0 unspecified atom stereocenters. The van der Waals surface area contributed by atoms with Crippen LogP contribution in [0.25, 0.3) is 0 Å². The highest BCUT2D eigenvalue weighted by molar-refractivity contribution is 5.84. The molecule has 1 heterocycles. The van der Waals surface area contributed by atoms with E-state index in [1.807, 2.05) is 0 Å². The molecule has 0 saturated carbocycles. The normalized spacial score (nSPS) is 10.1. The van der Waals surface area contributed by atoms with Crippen molar-refractivity contribution in [2.75, 3.05) is 0 Å². The molecule has 1 N–H and O–H groups in total. The molecule has 1 aromatic heterocycles. The Morgan fingerprint density at radius 3 is 2.76 bits per heavy atom. The van der Waals surface area contributed by atoms with Gasteiger partial charge in [0.2, 0.25) is 16.9 Å². The fourth-order valence-electron chi connectivity index (χ4n) is 1.54. The molecule has 0 fully saturated rings. The van der Waals surface area contributed by atoms with Crippen molar-refractivity contribution in [1.82, 2.24) is 0 Å². The second kappa shape index (κ2) is 5.87. The van der Waals surface area contributed by atoms with Gasteiger partial charge in [0.1, 0.15) is 12.9 Å². The Morgan fingerprint density at radius 1 is 1.38 bits per heavy atom. The maximum Gasteiger partial charge on any atom is 0.371 e. The lowest BCUT2D eigenvalue weighted by molar-refractivity contribution is -0.384. The third-order valence-corrected chi connectivity index (χ3v) is 2.52. The first-order valence-electron chi connectivity index (χ1n) is 5.69. The third-order valence-electron chi connectivity index (χ3n) is 2.52. The topological polar surface area (TPSA) is 120 Å². The second-order valence-electron chi connectivity index (χ2n) is 3.99. The van der Waals surface area contributed by atoms with E-state index in [1.54, 1.807) is 6.07 Å². The largest absolute Gasteiger partial charge is 0.482 e. The van der Waals surface area contributed by atoms with Crippen LogP contribution in [0.4, 0.5) is 5.69 Å². The van der Waals surface area contributed by atoms with E-state index in [0.29, 0.717) is 5.56 Å². The van der Waals surface area contributed by atoms with Gasteiger partial charge >= 0.3 is 5.97 Å². The highest BCUT2D eigenvalue weighted by atomic mass is 16.6. The molecular weight excluding hydrogens is 282 g/mol. The maximum absolute atomic E-state index is 11.6. The Balaban J connectivity index is 2.13. The molecule has 0 bridgehead atoms. The molecule has 0 saturated heterocycles. The van der Waals surface area contributed by atoms with E-state index in [-0.39, 0.29) is 18.0 Å². The van der Waals surface area contributed by atoms with Gasteiger partial charge in [0.05, 0.1) is 4.92 Å². The minimum Gasteiger partial charge on any atom is -0.482 e. The number of ether oxygens (including phenoxy) is 1. The van der Waals surface area contributed by atoms with Gasteiger partial charge in [-0.15, -0.1) is 0 Å². The van der Waals surface area contributed by atoms with E-state index in [9.17, 15) is 19.7 Å². The molecule has 0 radical (unpaired) electrons. The summed E-state index contributed by atoms with van der Waals surface area (Å²) in [6.07, 6.45) is 0.892. The Kier molecular flexibility index (Phi) is 3.98. The van der Waals surface area contributed by atoms with Crippen LogP contribution in [0, 0.1) is 10.1 Å². The number of nitrogens with zero attached hydrogens (tertiary/aromatic N) is 1. The molecule has 2 aromatic rings. The summed E-state index contributed by atoms with van der Waals surface area (Å²) in [7, 11) is 0. The summed E-state index contributed by atoms with van der Waals surface area (Å²) in [5.74, 6) is -2.04. The zero-order chi connectivity index (χ0) is 15.4. The van der Waals surface area contributed by atoms with Crippen LogP contribution in [0.3, 0.4) is 0 Å². The minimum absolute atomic E-state index is 0.0845. The van der Waals surface area contributed by atoms with Crippen LogP contribution in [0.15, 0.2) is 45.8 Å². The molecule has 0 aliphatic carbocycles. The summed E-state index contributed by atoms with van der Waals surface area (Å²) in [5.41, 5.74) is -0.251. The van der Waals surface area contributed by atoms with Gasteiger partial charge in [-0.1, -0.05) is 12.1 Å². The Hall–Kier alpha value is -3.16. The second-order valence-corrected chi connectivity index (χ2v) is 3.99. The molecule has 8 nitrogen and oxygen atoms in total. The lowest BCUT2D eigenvalue weighted by atomic mass is 10.2. The number of carboxylic acid groups (broad SMARTS) is 1. The maximum atomic E-state index is 11.6. The number of hydrogen-bond acceptors (Lipinski definition) is 6. The average Bonchev–Trinajstić information content (AvgIpc) is 2.46. The summed E-state index contributed by atoms with van der Waals surface area (Å²) in [4.78, 5) is 32.3. The molecule has 1 aromatic carbocycles. The summed E-state index contributed by atoms with van der Waals surface area (Å²) < 4.78 is 9.89. The molecule has 21 heavy (non-hydrogen) atoms. The van der Waals surface area contributed by atoms with Crippen LogP contribution in [0.5, 0.6) is 5.75 Å². The summed E-state index contributed by atoms with van der Waals surface area (Å²) >= 11 is 0. The standard InChI is InChI=1S/C13H9NO7/c15-10-5-11(13(16)17)21-7-12(10)20-6-8-2-1-3-9(4-8)14(18)19/h1-5,7H,6H2,(H,16,17). The van der Waals surface area contributed by atoms with Gasteiger partial charge in [-0.05, 0) is 5.56 Å². The van der Waals surface area contributed by atoms with E-state index < -0.39 is 22.1 Å². The number of nitro groups is 1. The number of aromatic carboxylic acids is 1. The minimum atomic E-state index is -1.36. The zero-order valence-electron chi connectivity index (χ0n) is 10.5. The first kappa shape index (κ1) is 14.3. The summed E-state index contributed by atoms with van der Waals surface area (Å²) in [5, 5.41) is 19.3. The molecule has 0 spiro atoms. The van der Waals surface area contributed by atoms with Crippen LogP contribution >= 0.6 is 0 Å². The fourth-order valence-corrected chi connectivity index (χ4v) is 1.54. The molecule has 0 aliphatic rings. The van der Waals surface area contributed by atoms with E-state index >= 15 is 0 Å². The van der Waals surface area contributed by atoms with Crippen LogP contribution in [-0.4, -0.2) is 16.0 Å². The van der Waals surface area contributed by atoms with Crippen molar-refractivity contribution in [2.45, 2.75) is 6.61 Å². The number of carbonyl (C=O) groups is 1. The molecule has 108 valence electrons. The summed E-state index contributed by atoms with van der Waals surface area (Å²) in [6, 6.07) is 6.53. The first-order valence-corrected chi connectivity index (χ1v) is 5.69. The zero-order valence-corrected chi connectivity index (χ0v) is 10.5. The van der Waals surface area contributed by atoms with Gasteiger partial charge in [0.15, 0.2) is 0 Å². The van der Waals surface area contributed by atoms with E-state index in [0.717, 1.165) is 12.3 Å². The molecule has 2 rings (SSSR count). The van der Waals surface area contributed by atoms with Gasteiger partial charge in [0.25, 0.3) is 5.69 Å². The number of benzene rings is 1. The quantitative estimate of drug-likeness (QED) is 0.658. The third kappa shape index (κ3) is 3.44. The van der Waals surface area contributed by atoms with E-state index in [1.165, 1.54) is 18.2 Å². The number of non-ortho nitro benzene ring substituents is 1.